The number of anilines is 1. The molecule has 3 aromatic rings. The SMILES string of the molecule is Cc1cccc(-c2ccc(C(=O)N(C)Cc3ccccc3N3CCOCC3)c(=O)[nH]2)c1. The first kappa shape index (κ1) is 20.9. The molecular weight excluding hydrogens is 390 g/mol. The number of carbonyl (C=O) groups is 1. The Bertz CT molecular complexity index is 1130. The highest BCUT2D eigenvalue weighted by molar-refractivity contribution is 5.94. The second-order valence-electron chi connectivity index (χ2n) is 7.87. The van der Waals surface area contributed by atoms with E-state index in [-0.39, 0.29) is 17.0 Å². The highest BCUT2D eigenvalue weighted by Crippen LogP contribution is 2.23. The molecule has 1 aliphatic heterocycles. The lowest BCUT2D eigenvalue weighted by molar-refractivity contribution is 0.0783. The number of rotatable bonds is 5. The third kappa shape index (κ3) is 4.70. The molecule has 4 rings (SSSR count). The van der Waals surface area contributed by atoms with E-state index >= 15 is 0 Å². The number of hydrogen-bond donors (Lipinski definition) is 1. The zero-order chi connectivity index (χ0) is 21.8. The van der Waals surface area contributed by atoms with Gasteiger partial charge in [0.2, 0.25) is 0 Å². The summed E-state index contributed by atoms with van der Waals surface area (Å²) in [4.78, 5) is 32.4. The molecule has 2 heterocycles. The highest BCUT2D eigenvalue weighted by atomic mass is 16.5. The number of aromatic amines is 1. The van der Waals surface area contributed by atoms with Crippen molar-refractivity contribution in [3.8, 4) is 11.3 Å². The van der Waals surface area contributed by atoms with E-state index in [4.69, 9.17) is 4.74 Å². The van der Waals surface area contributed by atoms with Gasteiger partial charge in [-0.15, -0.1) is 0 Å². The largest absolute Gasteiger partial charge is 0.378 e. The van der Waals surface area contributed by atoms with Crippen LogP contribution in [0.1, 0.15) is 21.5 Å². The van der Waals surface area contributed by atoms with Gasteiger partial charge in [0.15, 0.2) is 0 Å². The fourth-order valence-corrected chi connectivity index (χ4v) is 3.91. The molecule has 0 saturated carbocycles. The highest BCUT2D eigenvalue weighted by Gasteiger charge is 2.19. The zero-order valence-electron chi connectivity index (χ0n) is 17.9. The van der Waals surface area contributed by atoms with Crippen LogP contribution in [0.25, 0.3) is 11.3 Å². The maximum atomic E-state index is 13.0. The number of carbonyl (C=O) groups excluding carboxylic acids is 1. The molecule has 0 atom stereocenters. The number of aromatic nitrogens is 1. The van der Waals surface area contributed by atoms with Crippen molar-refractivity contribution in [1.29, 1.82) is 0 Å². The van der Waals surface area contributed by atoms with Crippen LogP contribution in [0.5, 0.6) is 0 Å². The number of para-hydroxylation sites is 1. The number of H-pyrrole nitrogens is 1. The predicted molar refractivity (Wildman–Crippen MR) is 123 cm³/mol. The van der Waals surface area contributed by atoms with E-state index < -0.39 is 0 Å². The molecule has 31 heavy (non-hydrogen) atoms. The van der Waals surface area contributed by atoms with Gasteiger partial charge in [0.05, 0.1) is 13.2 Å². The van der Waals surface area contributed by atoms with Gasteiger partial charge in [0, 0.05) is 38.1 Å². The van der Waals surface area contributed by atoms with E-state index in [0.29, 0.717) is 25.5 Å². The van der Waals surface area contributed by atoms with Gasteiger partial charge in [-0.3, -0.25) is 9.59 Å². The summed E-state index contributed by atoms with van der Waals surface area (Å²) in [6.07, 6.45) is 0. The van der Waals surface area contributed by atoms with Crippen LogP contribution in [0.3, 0.4) is 0 Å². The molecule has 160 valence electrons. The molecule has 1 saturated heterocycles. The van der Waals surface area contributed by atoms with Gasteiger partial charge in [-0.05, 0) is 42.3 Å². The number of aryl methyl sites for hydroxylation is 1. The first-order chi connectivity index (χ1) is 15.0. The average molecular weight is 418 g/mol. The molecule has 0 aliphatic carbocycles. The number of benzene rings is 2. The third-order valence-corrected chi connectivity index (χ3v) is 5.57. The smallest absolute Gasteiger partial charge is 0.261 e. The van der Waals surface area contributed by atoms with Crippen LogP contribution in [0.4, 0.5) is 5.69 Å². The topological polar surface area (TPSA) is 65.6 Å². The molecule has 0 radical (unpaired) electrons. The van der Waals surface area contributed by atoms with Crippen molar-refractivity contribution < 1.29 is 9.53 Å². The average Bonchev–Trinajstić information content (AvgIpc) is 2.79. The third-order valence-electron chi connectivity index (χ3n) is 5.57. The van der Waals surface area contributed by atoms with E-state index in [1.54, 1.807) is 24.1 Å². The van der Waals surface area contributed by atoms with Crippen LogP contribution >= 0.6 is 0 Å². The summed E-state index contributed by atoms with van der Waals surface area (Å²) in [5.74, 6) is -0.297. The van der Waals surface area contributed by atoms with Gasteiger partial charge < -0.3 is 19.5 Å². The van der Waals surface area contributed by atoms with E-state index in [9.17, 15) is 9.59 Å². The minimum Gasteiger partial charge on any atom is -0.378 e. The second kappa shape index (κ2) is 9.18. The lowest BCUT2D eigenvalue weighted by Crippen LogP contribution is -2.37. The normalized spacial score (nSPS) is 13.8. The first-order valence-electron chi connectivity index (χ1n) is 10.5. The molecule has 6 heteroatoms. The van der Waals surface area contributed by atoms with Crippen molar-refractivity contribution in [2.75, 3.05) is 38.3 Å². The fraction of sp³-hybridized carbons (Fsp3) is 0.280. The summed E-state index contributed by atoms with van der Waals surface area (Å²) in [7, 11) is 1.73. The Morgan fingerprint density at radius 1 is 1.06 bits per heavy atom. The number of amides is 1. The molecule has 1 aliphatic rings. The monoisotopic (exact) mass is 417 g/mol. The van der Waals surface area contributed by atoms with E-state index in [2.05, 4.69) is 16.0 Å². The summed E-state index contributed by atoms with van der Waals surface area (Å²) < 4.78 is 5.46. The summed E-state index contributed by atoms with van der Waals surface area (Å²) in [6.45, 7) is 5.48. The molecular formula is C25H27N3O3. The zero-order valence-corrected chi connectivity index (χ0v) is 17.9. The van der Waals surface area contributed by atoms with Gasteiger partial charge in [-0.1, -0.05) is 42.0 Å². The van der Waals surface area contributed by atoms with Crippen LogP contribution in [-0.4, -0.2) is 49.1 Å². The van der Waals surface area contributed by atoms with Gasteiger partial charge >= 0.3 is 0 Å². The fourth-order valence-electron chi connectivity index (χ4n) is 3.91. The van der Waals surface area contributed by atoms with Crippen molar-refractivity contribution in [2.45, 2.75) is 13.5 Å². The van der Waals surface area contributed by atoms with Gasteiger partial charge in [-0.2, -0.15) is 0 Å². The summed E-state index contributed by atoms with van der Waals surface area (Å²) >= 11 is 0. The molecule has 6 nitrogen and oxygen atoms in total. The molecule has 2 aromatic carbocycles. The van der Waals surface area contributed by atoms with Crippen molar-refractivity contribution in [1.82, 2.24) is 9.88 Å². The van der Waals surface area contributed by atoms with Gasteiger partial charge in [0.1, 0.15) is 5.56 Å². The first-order valence-corrected chi connectivity index (χ1v) is 10.5. The van der Waals surface area contributed by atoms with Crippen LogP contribution in [0.15, 0.2) is 65.5 Å². The number of pyridine rings is 1. The van der Waals surface area contributed by atoms with Crippen molar-refractivity contribution in [3.05, 3.63) is 87.7 Å². The Labute approximate surface area is 182 Å². The Balaban J connectivity index is 1.53. The number of nitrogens with one attached hydrogen (secondary N) is 1. The second-order valence-corrected chi connectivity index (χ2v) is 7.87. The molecule has 1 fully saturated rings. The standard InChI is InChI=1S/C25H27N3O3/c1-18-6-5-8-19(16-18)22-11-10-21(24(29)26-22)25(30)27(2)17-20-7-3-4-9-23(20)28-12-14-31-15-13-28/h3-11,16H,12-15,17H2,1-2H3,(H,26,29). The Morgan fingerprint density at radius 3 is 2.58 bits per heavy atom. The summed E-state index contributed by atoms with van der Waals surface area (Å²) in [6, 6.07) is 19.4. The maximum Gasteiger partial charge on any atom is 0.261 e. The Kier molecular flexibility index (Phi) is 6.18. The molecule has 1 aromatic heterocycles. The van der Waals surface area contributed by atoms with Gasteiger partial charge in [-0.25, -0.2) is 0 Å². The van der Waals surface area contributed by atoms with E-state index in [1.807, 2.05) is 49.4 Å². The minimum absolute atomic E-state index is 0.141. The number of morpholine rings is 1. The Morgan fingerprint density at radius 2 is 1.84 bits per heavy atom. The van der Waals surface area contributed by atoms with Gasteiger partial charge in [0.25, 0.3) is 11.5 Å². The lowest BCUT2D eigenvalue weighted by atomic mass is 10.1. The lowest BCUT2D eigenvalue weighted by Gasteiger charge is -2.31. The summed E-state index contributed by atoms with van der Waals surface area (Å²) in [5.41, 5.74) is 4.65. The van der Waals surface area contributed by atoms with Crippen LogP contribution < -0.4 is 10.5 Å². The van der Waals surface area contributed by atoms with Crippen molar-refractivity contribution >= 4 is 11.6 Å². The van der Waals surface area contributed by atoms with Crippen LogP contribution in [0.2, 0.25) is 0 Å². The summed E-state index contributed by atoms with van der Waals surface area (Å²) in [5, 5.41) is 0. The molecule has 0 spiro atoms. The van der Waals surface area contributed by atoms with E-state index in [1.165, 1.54) is 0 Å². The molecule has 0 bridgehead atoms. The van der Waals surface area contributed by atoms with Crippen LogP contribution in [-0.2, 0) is 11.3 Å². The number of hydrogen-bond acceptors (Lipinski definition) is 4. The molecule has 0 unspecified atom stereocenters. The maximum absolute atomic E-state index is 13.0. The molecule has 1 N–H and O–H groups in total. The number of nitrogens with zero attached hydrogens (tertiary/aromatic N) is 2. The van der Waals surface area contributed by atoms with Crippen LogP contribution in [0, 0.1) is 6.92 Å². The van der Waals surface area contributed by atoms with Crippen molar-refractivity contribution in [3.63, 3.8) is 0 Å². The number of ether oxygens (including phenoxy) is 1. The van der Waals surface area contributed by atoms with E-state index in [0.717, 1.165) is 35.5 Å². The minimum atomic E-state index is -0.377. The predicted octanol–water partition coefficient (Wildman–Crippen LogP) is 3.46. The quantitative estimate of drug-likeness (QED) is 0.691. The van der Waals surface area contributed by atoms with Crippen molar-refractivity contribution in [2.24, 2.45) is 0 Å². The Hall–Kier alpha value is -3.38. The molecule has 1 amide bonds.